The fourth-order valence-corrected chi connectivity index (χ4v) is 2.78. The van der Waals surface area contributed by atoms with E-state index in [0.29, 0.717) is 6.08 Å². The van der Waals surface area contributed by atoms with Crippen molar-refractivity contribution >= 4 is 8.07 Å². The van der Waals surface area contributed by atoms with E-state index in [1.165, 1.54) is 0 Å². The van der Waals surface area contributed by atoms with Crippen molar-refractivity contribution < 1.29 is 17.6 Å². The van der Waals surface area contributed by atoms with Gasteiger partial charge in [0.2, 0.25) is 0 Å². The lowest BCUT2D eigenvalue weighted by Gasteiger charge is -2.36. The third-order valence-corrected chi connectivity index (χ3v) is 5.27. The zero-order valence-corrected chi connectivity index (χ0v) is 9.30. The molecular formula is C9H12F4Si. The number of halogens is 4. The zero-order valence-electron chi connectivity index (χ0n) is 8.30. The molecule has 0 aromatic heterocycles. The van der Waals surface area contributed by atoms with Gasteiger partial charge in [0, 0.05) is 12.5 Å². The second-order valence-corrected chi connectivity index (χ2v) is 9.77. The van der Waals surface area contributed by atoms with Crippen LogP contribution in [0.1, 0.15) is 6.42 Å². The molecule has 0 N–H and O–H groups in total. The molecule has 1 atom stereocenters. The quantitative estimate of drug-likeness (QED) is 0.467. The molecule has 1 unspecified atom stereocenters. The maximum Gasteiger partial charge on any atom is 0.157 e. The molecule has 80 valence electrons. The molecule has 0 fully saturated rings. The van der Waals surface area contributed by atoms with Gasteiger partial charge in [0.1, 0.15) is 11.7 Å². The summed E-state index contributed by atoms with van der Waals surface area (Å²) in [4.78, 5) is 0. The third-order valence-electron chi connectivity index (χ3n) is 2.48. The monoisotopic (exact) mass is 224 g/mol. The molecule has 0 saturated carbocycles. The summed E-state index contributed by atoms with van der Waals surface area (Å²) in [5.41, 5.74) is 0. The van der Waals surface area contributed by atoms with Crippen LogP contribution >= 0.6 is 0 Å². The van der Waals surface area contributed by atoms with Gasteiger partial charge in [0.25, 0.3) is 0 Å². The SMILES string of the molecule is C[Si](C)(C)C1(F)CC(F)=C(F)C=C1F. The van der Waals surface area contributed by atoms with Crippen LogP contribution in [0, 0.1) is 0 Å². The van der Waals surface area contributed by atoms with Crippen molar-refractivity contribution in [1.29, 1.82) is 0 Å². The van der Waals surface area contributed by atoms with E-state index in [1.807, 2.05) is 0 Å². The molecular weight excluding hydrogens is 212 g/mol. The van der Waals surface area contributed by atoms with Gasteiger partial charge >= 0.3 is 0 Å². The Labute approximate surface area is 81.3 Å². The lowest BCUT2D eigenvalue weighted by atomic mass is 10.1. The van der Waals surface area contributed by atoms with Gasteiger partial charge < -0.3 is 0 Å². The Morgan fingerprint density at radius 3 is 2.14 bits per heavy atom. The van der Waals surface area contributed by atoms with Crippen molar-refractivity contribution in [2.24, 2.45) is 0 Å². The normalized spacial score (nSPS) is 29.2. The van der Waals surface area contributed by atoms with Crippen LogP contribution in [0.25, 0.3) is 0 Å². The van der Waals surface area contributed by atoms with Gasteiger partial charge in [-0.3, -0.25) is 0 Å². The first-order valence-corrected chi connectivity index (χ1v) is 7.79. The van der Waals surface area contributed by atoms with E-state index in [9.17, 15) is 17.6 Å². The Morgan fingerprint density at radius 2 is 1.71 bits per heavy atom. The molecule has 0 radical (unpaired) electrons. The molecule has 0 aromatic carbocycles. The molecule has 0 heterocycles. The molecule has 0 aliphatic heterocycles. The number of hydrogen-bond donors (Lipinski definition) is 0. The predicted octanol–water partition coefficient (Wildman–Crippen LogP) is 3.98. The van der Waals surface area contributed by atoms with Gasteiger partial charge in [-0.2, -0.15) is 0 Å². The fraction of sp³-hybridized carbons (Fsp3) is 0.556. The van der Waals surface area contributed by atoms with E-state index in [0.717, 1.165) is 0 Å². The van der Waals surface area contributed by atoms with Gasteiger partial charge in [0.15, 0.2) is 11.1 Å². The van der Waals surface area contributed by atoms with Crippen molar-refractivity contribution in [2.75, 3.05) is 0 Å². The first kappa shape index (κ1) is 11.5. The second-order valence-electron chi connectivity index (χ2n) is 4.47. The van der Waals surface area contributed by atoms with Gasteiger partial charge in [-0.25, -0.2) is 17.6 Å². The van der Waals surface area contributed by atoms with Crippen LogP contribution in [-0.2, 0) is 0 Å². The minimum absolute atomic E-state index is 0.317. The predicted molar refractivity (Wildman–Crippen MR) is 50.2 cm³/mol. The van der Waals surface area contributed by atoms with Crippen LogP contribution in [0.4, 0.5) is 17.6 Å². The summed E-state index contributed by atoms with van der Waals surface area (Å²) >= 11 is 0. The molecule has 0 nitrogen and oxygen atoms in total. The summed E-state index contributed by atoms with van der Waals surface area (Å²) in [5.74, 6) is -3.68. The molecule has 0 amide bonds. The van der Waals surface area contributed by atoms with Crippen LogP contribution < -0.4 is 0 Å². The molecule has 0 aromatic rings. The number of rotatable bonds is 1. The molecule has 0 saturated heterocycles. The number of allylic oxidation sites excluding steroid dienone is 4. The van der Waals surface area contributed by atoms with Crippen molar-refractivity contribution in [3.8, 4) is 0 Å². The van der Waals surface area contributed by atoms with Crippen molar-refractivity contribution in [3.63, 3.8) is 0 Å². The van der Waals surface area contributed by atoms with E-state index in [-0.39, 0.29) is 0 Å². The topological polar surface area (TPSA) is 0 Å². The van der Waals surface area contributed by atoms with Crippen LogP contribution in [0.3, 0.4) is 0 Å². The lowest BCUT2D eigenvalue weighted by Crippen LogP contribution is -2.50. The Balaban J connectivity index is 3.16. The summed E-state index contributed by atoms with van der Waals surface area (Å²) in [6.45, 7) is 4.74. The summed E-state index contributed by atoms with van der Waals surface area (Å²) in [6, 6.07) is 0. The van der Waals surface area contributed by atoms with Gasteiger partial charge in [-0.1, -0.05) is 19.6 Å². The van der Waals surface area contributed by atoms with Crippen molar-refractivity contribution in [1.82, 2.24) is 0 Å². The molecule has 0 spiro atoms. The highest BCUT2D eigenvalue weighted by molar-refractivity contribution is 6.79. The Hall–Kier alpha value is -0.583. The second kappa shape index (κ2) is 3.22. The molecule has 1 aliphatic carbocycles. The molecule has 5 heteroatoms. The maximum atomic E-state index is 14.1. The van der Waals surface area contributed by atoms with Crippen LogP contribution in [0.5, 0.6) is 0 Å². The minimum Gasteiger partial charge on any atom is -0.240 e. The maximum absolute atomic E-state index is 14.1. The van der Waals surface area contributed by atoms with Gasteiger partial charge in [0.05, 0.1) is 8.07 Å². The Morgan fingerprint density at radius 1 is 1.21 bits per heavy atom. The molecule has 0 bridgehead atoms. The van der Waals surface area contributed by atoms with Crippen molar-refractivity contribution in [2.45, 2.75) is 31.4 Å². The fourth-order valence-electron chi connectivity index (χ4n) is 1.31. The van der Waals surface area contributed by atoms with Crippen LogP contribution in [-0.4, -0.2) is 13.4 Å². The smallest absolute Gasteiger partial charge is 0.157 e. The highest BCUT2D eigenvalue weighted by atomic mass is 28.3. The van der Waals surface area contributed by atoms with E-state index in [4.69, 9.17) is 0 Å². The molecule has 1 rings (SSSR count). The lowest BCUT2D eigenvalue weighted by molar-refractivity contribution is 0.236. The van der Waals surface area contributed by atoms with Crippen LogP contribution in [0.15, 0.2) is 23.6 Å². The zero-order chi connectivity index (χ0) is 11.1. The average Bonchev–Trinajstić information content (AvgIpc) is 1.99. The van der Waals surface area contributed by atoms with E-state index in [1.54, 1.807) is 19.6 Å². The van der Waals surface area contributed by atoms with Crippen molar-refractivity contribution in [3.05, 3.63) is 23.6 Å². The van der Waals surface area contributed by atoms with E-state index >= 15 is 0 Å². The number of hydrogen-bond acceptors (Lipinski definition) is 0. The van der Waals surface area contributed by atoms with Gasteiger partial charge in [-0.05, 0) is 0 Å². The molecule has 14 heavy (non-hydrogen) atoms. The number of alkyl halides is 1. The third kappa shape index (κ3) is 1.65. The largest absolute Gasteiger partial charge is 0.240 e. The highest BCUT2D eigenvalue weighted by Gasteiger charge is 2.51. The summed E-state index contributed by atoms with van der Waals surface area (Å²) in [5, 5.41) is -2.31. The van der Waals surface area contributed by atoms with Crippen LogP contribution in [0.2, 0.25) is 19.6 Å². The minimum atomic E-state index is -2.57. The standard InChI is InChI=1S/C9H12F4Si/c1-14(2,3)9(13)5-7(11)6(10)4-8(9)12/h4H,5H2,1-3H3. The van der Waals surface area contributed by atoms with Gasteiger partial charge in [-0.15, -0.1) is 0 Å². The first-order valence-electron chi connectivity index (χ1n) is 4.29. The summed E-state index contributed by atoms with van der Waals surface area (Å²) in [6.07, 6.45) is -0.492. The molecule has 1 aliphatic rings. The Kier molecular flexibility index (Phi) is 2.64. The Bertz CT molecular complexity index is 313. The highest BCUT2D eigenvalue weighted by Crippen LogP contribution is 2.43. The van der Waals surface area contributed by atoms with E-state index < -0.39 is 37.3 Å². The average molecular weight is 224 g/mol. The first-order chi connectivity index (χ1) is 6.18. The van der Waals surface area contributed by atoms with E-state index in [2.05, 4.69) is 0 Å². The summed E-state index contributed by atoms with van der Waals surface area (Å²) < 4.78 is 52.8. The summed E-state index contributed by atoms with van der Waals surface area (Å²) in [7, 11) is -2.57.